The molecule has 174 valence electrons. The number of ketones is 1. The number of benzene rings is 2. The van der Waals surface area contributed by atoms with Crippen molar-refractivity contribution in [2.75, 3.05) is 7.11 Å². The fourth-order valence-electron chi connectivity index (χ4n) is 4.11. The van der Waals surface area contributed by atoms with Crippen LogP contribution in [0.1, 0.15) is 36.3 Å². The topological polar surface area (TPSA) is 138 Å². The number of hydrogen-bond donors (Lipinski definition) is 1. The zero-order valence-electron chi connectivity index (χ0n) is 18.2. The van der Waals surface area contributed by atoms with Crippen molar-refractivity contribution < 1.29 is 23.9 Å². The van der Waals surface area contributed by atoms with Crippen LogP contribution in [0, 0.1) is 21.4 Å². The number of halogens is 1. The molecule has 2 aromatic rings. The second-order valence-electron chi connectivity index (χ2n) is 7.78. The molecule has 0 radical (unpaired) electrons. The maximum Gasteiger partial charge on any atom is 0.269 e. The Morgan fingerprint density at radius 1 is 1.29 bits per heavy atom. The molecule has 0 aromatic heterocycles. The number of nitro groups is 1. The van der Waals surface area contributed by atoms with Gasteiger partial charge in [-0.3, -0.25) is 14.9 Å². The molecule has 2 aliphatic rings. The molecular weight excluding hydrogens is 462 g/mol. The Kier molecular flexibility index (Phi) is 6.43. The molecule has 1 aliphatic heterocycles. The fraction of sp³-hybridized carbons (Fsp3) is 0.250. The average Bonchev–Trinajstić information content (AvgIpc) is 2.82. The van der Waals surface area contributed by atoms with E-state index in [2.05, 4.69) is 6.07 Å². The van der Waals surface area contributed by atoms with Crippen LogP contribution in [0.4, 0.5) is 5.69 Å². The number of nitrogens with two attached hydrogens (primary N) is 1. The van der Waals surface area contributed by atoms with Crippen LogP contribution in [0.5, 0.6) is 11.5 Å². The zero-order valence-corrected chi connectivity index (χ0v) is 18.9. The summed E-state index contributed by atoms with van der Waals surface area (Å²) >= 11 is 6.55. The highest BCUT2D eigenvalue weighted by Gasteiger charge is 2.38. The predicted molar refractivity (Wildman–Crippen MR) is 122 cm³/mol. The van der Waals surface area contributed by atoms with E-state index in [-0.39, 0.29) is 40.3 Å². The van der Waals surface area contributed by atoms with Crippen LogP contribution in [-0.4, -0.2) is 17.8 Å². The second-order valence-corrected chi connectivity index (χ2v) is 8.19. The lowest BCUT2D eigenvalue weighted by atomic mass is 9.77. The molecule has 0 spiro atoms. The van der Waals surface area contributed by atoms with Crippen molar-refractivity contribution in [3.05, 3.63) is 85.5 Å². The molecule has 1 aliphatic carbocycles. The fourth-order valence-corrected chi connectivity index (χ4v) is 4.38. The van der Waals surface area contributed by atoms with Crippen molar-refractivity contribution in [3.8, 4) is 17.6 Å². The predicted octanol–water partition coefficient (Wildman–Crippen LogP) is 4.65. The van der Waals surface area contributed by atoms with Gasteiger partial charge < -0.3 is 19.9 Å². The van der Waals surface area contributed by atoms with E-state index in [1.165, 1.54) is 19.2 Å². The molecule has 4 rings (SSSR count). The minimum Gasteiger partial charge on any atom is -0.493 e. The molecule has 1 atom stereocenters. The summed E-state index contributed by atoms with van der Waals surface area (Å²) in [6, 6.07) is 11.3. The number of carbonyl (C=O) groups is 1. The van der Waals surface area contributed by atoms with Crippen LogP contribution >= 0.6 is 11.6 Å². The van der Waals surface area contributed by atoms with Gasteiger partial charge in [0.1, 0.15) is 24.0 Å². The number of nitriles is 1. The summed E-state index contributed by atoms with van der Waals surface area (Å²) in [5.41, 5.74) is 7.78. The first-order valence-electron chi connectivity index (χ1n) is 10.4. The number of nitrogens with zero attached hydrogens (tertiary/aromatic N) is 2. The molecule has 10 heteroatoms. The number of carbonyl (C=O) groups excluding carboxylic acids is 1. The number of allylic oxidation sites excluding steroid dienone is 3. The van der Waals surface area contributed by atoms with Crippen LogP contribution < -0.4 is 15.2 Å². The van der Waals surface area contributed by atoms with E-state index in [0.29, 0.717) is 47.5 Å². The quantitative estimate of drug-likeness (QED) is 0.464. The van der Waals surface area contributed by atoms with Crippen LogP contribution in [0.15, 0.2) is 59.2 Å². The number of ether oxygens (including phenoxy) is 3. The third kappa shape index (κ3) is 4.28. The molecule has 9 nitrogen and oxygen atoms in total. The van der Waals surface area contributed by atoms with Gasteiger partial charge in [-0.05, 0) is 41.8 Å². The van der Waals surface area contributed by atoms with E-state index in [1.807, 2.05) is 0 Å². The van der Waals surface area contributed by atoms with Crippen molar-refractivity contribution in [2.45, 2.75) is 31.8 Å². The van der Waals surface area contributed by atoms with Crippen molar-refractivity contribution in [1.82, 2.24) is 0 Å². The van der Waals surface area contributed by atoms with E-state index in [0.717, 1.165) is 0 Å². The Balaban J connectivity index is 1.68. The van der Waals surface area contributed by atoms with Crippen LogP contribution in [0.3, 0.4) is 0 Å². The number of methoxy groups -OCH3 is 1. The maximum atomic E-state index is 12.8. The van der Waals surface area contributed by atoms with Crippen molar-refractivity contribution in [2.24, 2.45) is 5.73 Å². The third-order valence-electron chi connectivity index (χ3n) is 5.72. The van der Waals surface area contributed by atoms with E-state index in [9.17, 15) is 20.2 Å². The van der Waals surface area contributed by atoms with Gasteiger partial charge in [0, 0.05) is 30.5 Å². The minimum absolute atomic E-state index is 0.0215. The molecule has 0 bridgehead atoms. The largest absolute Gasteiger partial charge is 0.493 e. The third-order valence-corrected chi connectivity index (χ3v) is 6.00. The molecule has 2 N–H and O–H groups in total. The van der Waals surface area contributed by atoms with Crippen LogP contribution in [-0.2, 0) is 16.1 Å². The molecule has 0 amide bonds. The van der Waals surface area contributed by atoms with Gasteiger partial charge in [-0.2, -0.15) is 5.26 Å². The summed E-state index contributed by atoms with van der Waals surface area (Å²) < 4.78 is 17.0. The Bertz CT molecular complexity index is 1280. The van der Waals surface area contributed by atoms with Gasteiger partial charge in [0.25, 0.3) is 5.69 Å². The Morgan fingerprint density at radius 3 is 2.68 bits per heavy atom. The van der Waals surface area contributed by atoms with Gasteiger partial charge in [-0.25, -0.2) is 0 Å². The normalized spacial score (nSPS) is 17.6. The molecule has 34 heavy (non-hydrogen) atoms. The molecule has 0 saturated carbocycles. The molecule has 1 heterocycles. The first kappa shape index (κ1) is 23.1. The highest BCUT2D eigenvalue weighted by molar-refractivity contribution is 6.32. The average molecular weight is 482 g/mol. The summed E-state index contributed by atoms with van der Waals surface area (Å²) in [6.07, 6.45) is 1.57. The second kappa shape index (κ2) is 9.45. The lowest BCUT2D eigenvalue weighted by Gasteiger charge is -2.31. The molecule has 0 unspecified atom stereocenters. The van der Waals surface area contributed by atoms with Gasteiger partial charge in [-0.1, -0.05) is 11.6 Å². The number of rotatable bonds is 6. The smallest absolute Gasteiger partial charge is 0.269 e. The Hall–Kier alpha value is -4.03. The maximum absolute atomic E-state index is 12.8. The monoisotopic (exact) mass is 481 g/mol. The van der Waals surface area contributed by atoms with Crippen molar-refractivity contribution in [3.63, 3.8) is 0 Å². The summed E-state index contributed by atoms with van der Waals surface area (Å²) in [4.78, 5) is 23.1. The van der Waals surface area contributed by atoms with Gasteiger partial charge in [-0.15, -0.1) is 0 Å². The lowest BCUT2D eigenvalue weighted by molar-refractivity contribution is -0.384. The van der Waals surface area contributed by atoms with Crippen LogP contribution in [0.25, 0.3) is 0 Å². The van der Waals surface area contributed by atoms with Gasteiger partial charge in [0.15, 0.2) is 17.3 Å². The SMILES string of the molecule is COc1cc([C@@H]2C(C#N)=C(N)OC3=C2C(=O)CCC3)cc(Cl)c1OCc1ccc([N+](=O)[O-])cc1. The highest BCUT2D eigenvalue weighted by Crippen LogP contribution is 2.47. The summed E-state index contributed by atoms with van der Waals surface area (Å²) in [6.45, 7) is 0.0920. The van der Waals surface area contributed by atoms with E-state index in [4.69, 9.17) is 31.5 Å². The molecule has 2 aromatic carbocycles. The van der Waals surface area contributed by atoms with E-state index < -0.39 is 10.8 Å². The standard InChI is InChI=1S/C24H20ClN3O6/c1-32-20-10-14(21-16(11-26)24(27)34-19-4-2-3-18(29)22(19)21)9-17(25)23(20)33-12-13-5-7-15(8-6-13)28(30)31/h5-10,21H,2-4,12,27H2,1H3/t21-/m1/s1. The van der Waals surface area contributed by atoms with Crippen molar-refractivity contribution in [1.29, 1.82) is 5.26 Å². The summed E-state index contributed by atoms with van der Waals surface area (Å²) in [5.74, 6) is 0.188. The van der Waals surface area contributed by atoms with Crippen LogP contribution in [0.2, 0.25) is 5.02 Å². The highest BCUT2D eigenvalue weighted by atomic mass is 35.5. The van der Waals surface area contributed by atoms with Gasteiger partial charge in [0.05, 0.1) is 23.0 Å². The van der Waals surface area contributed by atoms with Crippen molar-refractivity contribution >= 4 is 23.1 Å². The van der Waals surface area contributed by atoms with E-state index >= 15 is 0 Å². The number of hydrogen-bond acceptors (Lipinski definition) is 8. The first-order valence-corrected chi connectivity index (χ1v) is 10.8. The number of nitro benzene ring substituents is 1. The Labute approximate surface area is 200 Å². The van der Waals surface area contributed by atoms with Gasteiger partial charge >= 0.3 is 0 Å². The Morgan fingerprint density at radius 2 is 2.03 bits per heavy atom. The summed E-state index contributed by atoms with van der Waals surface area (Å²) in [7, 11) is 1.45. The minimum atomic E-state index is -0.725. The van der Waals surface area contributed by atoms with E-state index in [1.54, 1.807) is 24.3 Å². The molecule has 0 saturated heterocycles. The van der Waals surface area contributed by atoms with Gasteiger partial charge in [0.2, 0.25) is 5.88 Å². The number of Topliss-reactive ketones (excluding diaryl/α,β-unsaturated/α-hetero) is 1. The first-order chi connectivity index (χ1) is 16.3. The molecular formula is C24H20ClN3O6. The zero-order chi connectivity index (χ0) is 24.4. The molecule has 0 fully saturated rings. The number of non-ortho nitro benzene ring substituents is 1. The summed E-state index contributed by atoms with van der Waals surface area (Å²) in [5, 5.41) is 20.8. The lowest BCUT2D eigenvalue weighted by Crippen LogP contribution is -2.27.